The summed E-state index contributed by atoms with van der Waals surface area (Å²) >= 11 is 12.6. The molecule has 2 rings (SSSR count). The van der Waals surface area contributed by atoms with Crippen LogP contribution in [-0.4, -0.2) is 0 Å². The van der Waals surface area contributed by atoms with E-state index in [4.69, 9.17) is 23.2 Å². The summed E-state index contributed by atoms with van der Waals surface area (Å²) in [5, 5.41) is 0.754. The molecule has 94 valence electrons. The molecule has 0 N–H and O–H groups in total. The molecule has 0 saturated carbocycles. The third kappa shape index (κ3) is 3.28. The van der Waals surface area contributed by atoms with Gasteiger partial charge in [0.2, 0.25) is 0 Å². The zero-order valence-electron chi connectivity index (χ0n) is 10.4. The monoisotopic (exact) mass is 278 g/mol. The van der Waals surface area contributed by atoms with Crippen LogP contribution in [0.5, 0.6) is 0 Å². The molecule has 0 aromatic heterocycles. The molecule has 0 amide bonds. The van der Waals surface area contributed by atoms with Crippen molar-refractivity contribution >= 4 is 23.2 Å². The first-order valence-electron chi connectivity index (χ1n) is 6.17. The number of alkyl halides is 1. The van der Waals surface area contributed by atoms with Crippen LogP contribution in [0.4, 0.5) is 0 Å². The van der Waals surface area contributed by atoms with Gasteiger partial charge in [0.05, 0.1) is 5.38 Å². The van der Waals surface area contributed by atoms with Crippen molar-refractivity contribution in [1.82, 2.24) is 0 Å². The van der Waals surface area contributed by atoms with E-state index in [0.29, 0.717) is 0 Å². The van der Waals surface area contributed by atoms with Crippen molar-refractivity contribution < 1.29 is 0 Å². The van der Waals surface area contributed by atoms with Gasteiger partial charge in [-0.1, -0.05) is 61.0 Å². The van der Waals surface area contributed by atoms with Crippen molar-refractivity contribution in [2.45, 2.75) is 25.1 Å². The second-order valence-electron chi connectivity index (χ2n) is 4.36. The van der Waals surface area contributed by atoms with E-state index in [0.717, 1.165) is 29.0 Å². The molecule has 1 unspecified atom stereocenters. The van der Waals surface area contributed by atoms with E-state index in [9.17, 15) is 0 Å². The lowest BCUT2D eigenvalue weighted by Gasteiger charge is -2.11. The molecule has 0 aliphatic heterocycles. The van der Waals surface area contributed by atoms with Gasteiger partial charge in [-0.2, -0.15) is 0 Å². The third-order valence-electron chi connectivity index (χ3n) is 3.11. The molecule has 0 radical (unpaired) electrons. The summed E-state index contributed by atoms with van der Waals surface area (Å²) in [6.07, 6.45) is 1.81. The molecule has 1 atom stereocenters. The highest BCUT2D eigenvalue weighted by atomic mass is 35.5. The standard InChI is InChI=1S/C16H16Cl2/c1-2-12-7-9-13(10-8-12)16(18)11-14-5-3-4-6-15(14)17/h3-10,16H,2,11H2,1H3. The molecule has 2 aromatic carbocycles. The highest BCUT2D eigenvalue weighted by Gasteiger charge is 2.10. The average molecular weight is 279 g/mol. The van der Waals surface area contributed by atoms with Crippen LogP contribution in [0.15, 0.2) is 48.5 Å². The van der Waals surface area contributed by atoms with Crippen LogP contribution in [0.1, 0.15) is 29.0 Å². The minimum atomic E-state index is -0.0317. The number of hydrogen-bond donors (Lipinski definition) is 0. The summed E-state index contributed by atoms with van der Waals surface area (Å²) in [5.74, 6) is 0. The molecule has 0 aliphatic carbocycles. The lowest BCUT2D eigenvalue weighted by atomic mass is 10.0. The van der Waals surface area contributed by atoms with Gasteiger partial charge in [-0.05, 0) is 35.6 Å². The summed E-state index contributed by atoms with van der Waals surface area (Å²) in [7, 11) is 0. The predicted molar refractivity (Wildman–Crippen MR) is 79.6 cm³/mol. The fraction of sp³-hybridized carbons (Fsp3) is 0.250. The second kappa shape index (κ2) is 6.26. The fourth-order valence-electron chi connectivity index (χ4n) is 1.94. The van der Waals surface area contributed by atoms with Gasteiger partial charge in [0.25, 0.3) is 0 Å². The fourth-order valence-corrected chi connectivity index (χ4v) is 2.46. The Balaban J connectivity index is 2.11. The zero-order chi connectivity index (χ0) is 13.0. The van der Waals surface area contributed by atoms with Gasteiger partial charge < -0.3 is 0 Å². The quantitative estimate of drug-likeness (QED) is 0.655. The Hall–Kier alpha value is -0.980. The van der Waals surface area contributed by atoms with Crippen molar-refractivity contribution in [3.8, 4) is 0 Å². The Morgan fingerprint density at radius 1 is 1.00 bits per heavy atom. The zero-order valence-corrected chi connectivity index (χ0v) is 11.9. The van der Waals surface area contributed by atoms with Gasteiger partial charge in [0.15, 0.2) is 0 Å². The van der Waals surface area contributed by atoms with Crippen molar-refractivity contribution in [2.24, 2.45) is 0 Å². The molecule has 0 fully saturated rings. The first kappa shape index (κ1) is 13.5. The number of hydrogen-bond acceptors (Lipinski definition) is 0. The minimum Gasteiger partial charge on any atom is -0.117 e. The van der Waals surface area contributed by atoms with E-state index < -0.39 is 0 Å². The third-order valence-corrected chi connectivity index (χ3v) is 3.88. The minimum absolute atomic E-state index is 0.0317. The smallest absolute Gasteiger partial charge is 0.0626 e. The summed E-state index contributed by atoms with van der Waals surface area (Å²) < 4.78 is 0. The lowest BCUT2D eigenvalue weighted by Crippen LogP contribution is -1.97. The topological polar surface area (TPSA) is 0 Å². The van der Waals surface area contributed by atoms with Gasteiger partial charge in [0.1, 0.15) is 0 Å². The molecule has 0 heterocycles. The maximum absolute atomic E-state index is 6.45. The van der Waals surface area contributed by atoms with E-state index in [1.165, 1.54) is 5.56 Å². The highest BCUT2D eigenvalue weighted by molar-refractivity contribution is 6.31. The van der Waals surface area contributed by atoms with E-state index in [-0.39, 0.29) is 5.38 Å². The molecule has 0 aliphatic rings. The maximum Gasteiger partial charge on any atom is 0.0626 e. The number of halogens is 2. The first-order chi connectivity index (χ1) is 8.70. The summed E-state index contributed by atoms with van der Waals surface area (Å²) in [6, 6.07) is 16.3. The van der Waals surface area contributed by atoms with Crippen LogP contribution in [-0.2, 0) is 12.8 Å². The van der Waals surface area contributed by atoms with E-state index in [1.807, 2.05) is 24.3 Å². The Bertz CT molecular complexity index is 503. The van der Waals surface area contributed by atoms with Gasteiger partial charge >= 0.3 is 0 Å². The molecule has 0 nitrogen and oxygen atoms in total. The van der Waals surface area contributed by atoms with E-state index in [2.05, 4.69) is 31.2 Å². The van der Waals surface area contributed by atoms with Crippen LogP contribution >= 0.6 is 23.2 Å². The van der Waals surface area contributed by atoms with Gasteiger partial charge in [0, 0.05) is 5.02 Å². The molecule has 2 heteroatoms. The summed E-state index contributed by atoms with van der Waals surface area (Å²) in [5.41, 5.74) is 3.58. The second-order valence-corrected chi connectivity index (χ2v) is 5.29. The van der Waals surface area contributed by atoms with Crippen molar-refractivity contribution in [3.63, 3.8) is 0 Å². The van der Waals surface area contributed by atoms with Crippen LogP contribution in [0.3, 0.4) is 0 Å². The molecule has 0 bridgehead atoms. The van der Waals surface area contributed by atoms with Gasteiger partial charge in [-0.15, -0.1) is 11.6 Å². The number of benzene rings is 2. The average Bonchev–Trinajstić information content (AvgIpc) is 2.41. The normalized spacial score (nSPS) is 12.4. The molecular weight excluding hydrogens is 263 g/mol. The maximum atomic E-state index is 6.45. The number of rotatable bonds is 4. The van der Waals surface area contributed by atoms with Gasteiger partial charge in [-0.25, -0.2) is 0 Å². The Morgan fingerprint density at radius 2 is 1.67 bits per heavy atom. The molecule has 18 heavy (non-hydrogen) atoms. The van der Waals surface area contributed by atoms with Crippen molar-refractivity contribution in [2.75, 3.05) is 0 Å². The van der Waals surface area contributed by atoms with E-state index in [1.54, 1.807) is 0 Å². The highest BCUT2D eigenvalue weighted by Crippen LogP contribution is 2.28. The molecule has 0 spiro atoms. The van der Waals surface area contributed by atoms with Crippen LogP contribution in [0.2, 0.25) is 5.02 Å². The number of aryl methyl sites for hydroxylation is 1. The van der Waals surface area contributed by atoms with Crippen LogP contribution < -0.4 is 0 Å². The van der Waals surface area contributed by atoms with Crippen molar-refractivity contribution in [3.05, 3.63) is 70.2 Å². The van der Waals surface area contributed by atoms with Gasteiger partial charge in [-0.3, -0.25) is 0 Å². The van der Waals surface area contributed by atoms with Crippen molar-refractivity contribution in [1.29, 1.82) is 0 Å². The largest absolute Gasteiger partial charge is 0.117 e. The summed E-state index contributed by atoms with van der Waals surface area (Å²) in [6.45, 7) is 2.15. The lowest BCUT2D eigenvalue weighted by molar-refractivity contribution is 0.918. The Morgan fingerprint density at radius 3 is 2.28 bits per heavy atom. The van der Waals surface area contributed by atoms with E-state index >= 15 is 0 Å². The van der Waals surface area contributed by atoms with Crippen LogP contribution in [0, 0.1) is 0 Å². The first-order valence-corrected chi connectivity index (χ1v) is 6.98. The summed E-state index contributed by atoms with van der Waals surface area (Å²) in [4.78, 5) is 0. The predicted octanol–water partition coefficient (Wildman–Crippen LogP) is 5.43. The molecular formula is C16H16Cl2. The molecule has 0 saturated heterocycles. The SMILES string of the molecule is CCc1ccc(C(Cl)Cc2ccccc2Cl)cc1. The van der Waals surface area contributed by atoms with Crippen LogP contribution in [0.25, 0.3) is 0 Å². The Labute approximate surface area is 119 Å². The molecule has 2 aromatic rings. The Kier molecular flexibility index (Phi) is 4.68.